The Morgan fingerprint density at radius 3 is 2.56 bits per heavy atom. The molecule has 0 unspecified atom stereocenters. The van der Waals surface area contributed by atoms with Crippen molar-refractivity contribution < 1.29 is 42.7 Å². The van der Waals surface area contributed by atoms with Crippen LogP contribution in [-0.2, 0) is 41.8 Å². The van der Waals surface area contributed by atoms with E-state index in [1.165, 1.54) is 28.0 Å². The predicted molar refractivity (Wildman–Crippen MR) is 177 cm³/mol. The third-order valence-electron chi connectivity index (χ3n) is 10.0. The van der Waals surface area contributed by atoms with Crippen LogP contribution in [0.3, 0.4) is 0 Å². The topological polar surface area (TPSA) is 147 Å². The molecule has 0 radical (unpaired) electrons. The van der Waals surface area contributed by atoms with Crippen molar-refractivity contribution in [3.63, 3.8) is 0 Å². The van der Waals surface area contributed by atoms with Gasteiger partial charge >= 0.3 is 12.2 Å². The van der Waals surface area contributed by atoms with E-state index in [0.717, 1.165) is 32.1 Å². The van der Waals surface area contributed by atoms with E-state index in [4.69, 9.17) is 14.3 Å². The number of carbonyl (C=O) groups is 5. The van der Waals surface area contributed by atoms with Crippen LogP contribution in [0.2, 0.25) is 0 Å². The second-order valence-electron chi connectivity index (χ2n) is 15.1. The first-order valence-electron chi connectivity index (χ1n) is 17.7. The highest BCUT2D eigenvalue weighted by Crippen LogP contribution is 2.48. The maximum absolute atomic E-state index is 14.4. The van der Waals surface area contributed by atoms with E-state index in [2.05, 4.69) is 10.6 Å². The van der Waals surface area contributed by atoms with Crippen LogP contribution in [-0.4, -0.2) is 93.8 Å². The number of carbonyl (C=O) groups excluding carboxylic acids is 5. The summed E-state index contributed by atoms with van der Waals surface area (Å²) in [6.07, 6.45) is 6.98. The first-order valence-corrected chi connectivity index (χ1v) is 17.7. The molecule has 1 aromatic carbocycles. The number of hydrogen-bond donors (Lipinski definition) is 2. The second kappa shape index (κ2) is 14.2. The maximum atomic E-state index is 14.4. The van der Waals surface area contributed by atoms with Crippen molar-refractivity contribution >= 4 is 29.9 Å². The van der Waals surface area contributed by atoms with Gasteiger partial charge in [-0.2, -0.15) is 0 Å². The summed E-state index contributed by atoms with van der Waals surface area (Å²) in [6, 6.07) is 2.52. The van der Waals surface area contributed by atoms with Crippen molar-refractivity contribution in [2.75, 3.05) is 13.7 Å². The molecule has 6 rings (SSSR count). The van der Waals surface area contributed by atoms with E-state index in [-0.39, 0.29) is 43.9 Å². The van der Waals surface area contributed by atoms with Crippen molar-refractivity contribution in [2.45, 2.75) is 127 Å². The molecular formula is C36H48FN5O8. The normalized spacial score (nSPS) is 29.0. The summed E-state index contributed by atoms with van der Waals surface area (Å²) in [5.74, 6) is -2.06. The van der Waals surface area contributed by atoms with Gasteiger partial charge in [0, 0.05) is 24.4 Å². The predicted octanol–water partition coefficient (Wildman–Crippen LogP) is 4.09. The van der Waals surface area contributed by atoms with Gasteiger partial charge in [0.1, 0.15) is 35.1 Å². The number of ether oxygens (including phenoxy) is 2. The highest BCUT2D eigenvalue weighted by Gasteiger charge is 2.63. The zero-order valence-corrected chi connectivity index (χ0v) is 29.2. The number of nitrogens with zero attached hydrogens (tertiary/aromatic N) is 3. The second-order valence-corrected chi connectivity index (χ2v) is 15.1. The van der Waals surface area contributed by atoms with Crippen LogP contribution in [0.1, 0.15) is 89.7 Å². The Hall–Kier alpha value is -4.20. The molecule has 272 valence electrons. The first kappa shape index (κ1) is 35.6. The average Bonchev–Trinajstić information content (AvgIpc) is 3.91. The van der Waals surface area contributed by atoms with E-state index >= 15 is 0 Å². The Morgan fingerprint density at radius 1 is 1.08 bits per heavy atom. The van der Waals surface area contributed by atoms with Crippen molar-refractivity contribution in [3.05, 3.63) is 47.3 Å². The molecule has 0 spiro atoms. The number of benzene rings is 1. The fourth-order valence-corrected chi connectivity index (χ4v) is 7.23. The van der Waals surface area contributed by atoms with Crippen LogP contribution in [0.4, 0.5) is 14.0 Å². The molecule has 1 aromatic rings. The van der Waals surface area contributed by atoms with Gasteiger partial charge in [0.15, 0.2) is 0 Å². The molecular weight excluding hydrogens is 649 g/mol. The summed E-state index contributed by atoms with van der Waals surface area (Å²) < 4.78 is 25.7. The molecule has 3 fully saturated rings. The van der Waals surface area contributed by atoms with Crippen LogP contribution < -0.4 is 10.6 Å². The van der Waals surface area contributed by atoms with E-state index in [1.54, 1.807) is 32.9 Å². The van der Waals surface area contributed by atoms with E-state index in [1.807, 2.05) is 12.2 Å². The number of alkyl carbamates (subject to hydrolysis) is 1. The fourth-order valence-electron chi connectivity index (χ4n) is 7.23. The lowest BCUT2D eigenvalue weighted by atomic mass is 10.0. The Morgan fingerprint density at radius 2 is 1.86 bits per heavy atom. The van der Waals surface area contributed by atoms with Gasteiger partial charge in [-0.15, -0.1) is 0 Å². The fraction of sp³-hybridized carbons (Fsp3) is 0.639. The number of rotatable bonds is 5. The lowest BCUT2D eigenvalue weighted by Gasteiger charge is -2.31. The number of hydrogen-bond acceptors (Lipinski definition) is 8. The van der Waals surface area contributed by atoms with Crippen LogP contribution >= 0.6 is 0 Å². The Kier molecular flexibility index (Phi) is 10.1. The summed E-state index contributed by atoms with van der Waals surface area (Å²) >= 11 is 0. The minimum absolute atomic E-state index is 0.0288. The quantitative estimate of drug-likeness (QED) is 0.346. The van der Waals surface area contributed by atoms with Crippen molar-refractivity contribution in [1.29, 1.82) is 0 Å². The lowest BCUT2D eigenvalue weighted by Crippen LogP contribution is -2.58. The molecule has 5 aliphatic rings. The first-order chi connectivity index (χ1) is 23.8. The zero-order valence-electron chi connectivity index (χ0n) is 29.2. The molecule has 13 nitrogen and oxygen atoms in total. The number of allylic oxidation sites excluding steroid dienone is 1. The van der Waals surface area contributed by atoms with Gasteiger partial charge in [-0.05, 0) is 70.9 Å². The summed E-state index contributed by atoms with van der Waals surface area (Å²) in [5, 5.41) is 7.07. The summed E-state index contributed by atoms with van der Waals surface area (Å²) in [4.78, 5) is 77.0. The number of nitrogens with one attached hydrogen (secondary N) is 2. The van der Waals surface area contributed by atoms with Crippen molar-refractivity contribution in [2.24, 2.45) is 5.92 Å². The standard InChI is InChI=1S/C36H48FN5O8/c1-35(2,3)50-33(46)38-28-14-9-7-5-6-8-12-23-18-36(23,32(45)42(48-4)24-15-16-24)39-30(43)29-17-25(20-41(29)31(28)44)49-34(47)40-19-22-11-10-13-27(37)26(22)21-40/h8,10-13,23-25,28-29H,5-7,9,14-21H2,1-4H3,(H,38,46)(H,39,43)/b12-8-/t23-,25-,28+,29+,36-/m1/s1. The molecule has 3 aliphatic heterocycles. The zero-order chi connectivity index (χ0) is 35.8. The third-order valence-corrected chi connectivity index (χ3v) is 10.0. The summed E-state index contributed by atoms with van der Waals surface area (Å²) in [6.45, 7) is 5.27. The molecule has 5 amide bonds. The van der Waals surface area contributed by atoms with Gasteiger partial charge in [0.25, 0.3) is 5.91 Å². The number of halogens is 1. The maximum Gasteiger partial charge on any atom is 0.410 e. The average molecular weight is 698 g/mol. The molecule has 0 bridgehead atoms. The van der Waals surface area contributed by atoms with Gasteiger partial charge in [-0.25, -0.2) is 19.0 Å². The van der Waals surface area contributed by atoms with Crippen molar-refractivity contribution in [3.8, 4) is 0 Å². The number of amides is 5. The largest absolute Gasteiger partial charge is 0.444 e. The lowest BCUT2D eigenvalue weighted by molar-refractivity contribution is -0.183. The SMILES string of the molecule is CON(C(=O)[C@@]12C[C@H]1/C=C\CCCCC[C@H](NC(=O)OC(C)(C)C)C(=O)N1C[C@H](OC(=O)N3Cc4cccc(F)c4C3)C[C@H]1C(=O)N2)C1CC1. The highest BCUT2D eigenvalue weighted by atomic mass is 19.1. The Balaban J connectivity index is 1.25. The molecule has 0 aromatic heterocycles. The van der Waals surface area contributed by atoms with Crippen LogP contribution in [0.25, 0.3) is 0 Å². The molecule has 3 heterocycles. The molecule has 2 aliphatic carbocycles. The molecule has 1 saturated heterocycles. The molecule has 14 heteroatoms. The minimum atomic E-state index is -1.24. The minimum Gasteiger partial charge on any atom is -0.444 e. The van der Waals surface area contributed by atoms with E-state index in [0.29, 0.717) is 30.4 Å². The van der Waals surface area contributed by atoms with Crippen LogP contribution in [0, 0.1) is 11.7 Å². The smallest absolute Gasteiger partial charge is 0.410 e. The summed E-state index contributed by atoms with van der Waals surface area (Å²) in [7, 11) is 1.44. The molecule has 50 heavy (non-hydrogen) atoms. The Labute approximate surface area is 291 Å². The van der Waals surface area contributed by atoms with Crippen LogP contribution in [0.15, 0.2) is 30.4 Å². The highest BCUT2D eigenvalue weighted by molar-refractivity contribution is 5.98. The van der Waals surface area contributed by atoms with E-state index in [9.17, 15) is 28.4 Å². The van der Waals surface area contributed by atoms with Gasteiger partial charge < -0.3 is 25.0 Å². The Bertz CT molecular complexity index is 1540. The number of fused-ring (bicyclic) bond motifs is 3. The summed E-state index contributed by atoms with van der Waals surface area (Å²) in [5.41, 5.74) is -0.931. The van der Waals surface area contributed by atoms with Crippen molar-refractivity contribution in [1.82, 2.24) is 25.5 Å². The van der Waals surface area contributed by atoms with Gasteiger partial charge in [0.05, 0.1) is 26.2 Å². The third kappa shape index (κ3) is 7.74. The van der Waals surface area contributed by atoms with Crippen LogP contribution in [0.5, 0.6) is 0 Å². The molecule has 2 saturated carbocycles. The monoisotopic (exact) mass is 697 g/mol. The number of hydroxylamine groups is 2. The molecule has 5 atom stereocenters. The van der Waals surface area contributed by atoms with E-state index < -0.39 is 59.1 Å². The van der Waals surface area contributed by atoms with Gasteiger partial charge in [-0.1, -0.05) is 37.1 Å². The van der Waals surface area contributed by atoms with Gasteiger partial charge in [0.2, 0.25) is 11.8 Å². The van der Waals surface area contributed by atoms with Gasteiger partial charge in [-0.3, -0.25) is 24.1 Å². The molecule has 2 N–H and O–H groups in total.